The van der Waals surface area contributed by atoms with Gasteiger partial charge in [-0.05, 0) is 62.3 Å². The molecule has 0 bridgehead atoms. The van der Waals surface area contributed by atoms with Gasteiger partial charge in [-0.2, -0.15) is 9.29 Å². The normalized spacial score (nSPS) is 21.7. The molecule has 1 aromatic carbocycles. The van der Waals surface area contributed by atoms with Gasteiger partial charge in [0, 0.05) is 38.6 Å². The highest BCUT2D eigenvalue weighted by molar-refractivity contribution is 7.89. The van der Waals surface area contributed by atoms with Crippen LogP contribution in [0.4, 0.5) is 4.39 Å². The smallest absolute Gasteiger partial charge is 0.243 e. The zero-order chi connectivity index (χ0) is 20.4. The van der Waals surface area contributed by atoms with E-state index in [9.17, 15) is 12.8 Å². The molecule has 0 saturated carbocycles. The molecule has 1 unspecified atom stereocenters. The number of sulfonamides is 1. The molecule has 2 aliphatic heterocycles. The number of aromatic nitrogens is 2. The molecule has 2 fully saturated rings. The van der Waals surface area contributed by atoms with Crippen molar-refractivity contribution in [2.45, 2.75) is 49.8 Å². The molecule has 2 aliphatic rings. The van der Waals surface area contributed by atoms with Crippen molar-refractivity contribution in [3.63, 3.8) is 0 Å². The Bertz CT molecular complexity index is 956. The molecule has 0 radical (unpaired) electrons. The van der Waals surface area contributed by atoms with E-state index in [1.54, 1.807) is 6.92 Å². The van der Waals surface area contributed by atoms with E-state index in [0.29, 0.717) is 36.8 Å². The van der Waals surface area contributed by atoms with E-state index in [2.05, 4.69) is 10.1 Å². The molecule has 0 amide bonds. The summed E-state index contributed by atoms with van der Waals surface area (Å²) in [4.78, 5) is 4.68. The Hall–Kier alpha value is -1.84. The van der Waals surface area contributed by atoms with E-state index in [0.717, 1.165) is 38.9 Å². The Balaban J connectivity index is 1.33. The Morgan fingerprint density at radius 2 is 2.03 bits per heavy atom. The van der Waals surface area contributed by atoms with Crippen molar-refractivity contribution in [3.05, 3.63) is 41.3 Å². The largest absolute Gasteiger partial charge is 0.381 e. The summed E-state index contributed by atoms with van der Waals surface area (Å²) in [5.74, 6) is 1.49. The molecule has 9 heteroatoms. The van der Waals surface area contributed by atoms with Gasteiger partial charge < -0.3 is 9.26 Å². The summed E-state index contributed by atoms with van der Waals surface area (Å²) in [6, 6.07) is 3.94. The van der Waals surface area contributed by atoms with Gasteiger partial charge in [0.2, 0.25) is 15.9 Å². The monoisotopic (exact) mass is 423 g/mol. The maximum absolute atomic E-state index is 13.5. The third-order valence-electron chi connectivity index (χ3n) is 5.85. The maximum atomic E-state index is 13.5. The minimum atomic E-state index is -3.60. The fourth-order valence-corrected chi connectivity index (χ4v) is 5.61. The van der Waals surface area contributed by atoms with Crippen molar-refractivity contribution in [2.75, 3.05) is 26.3 Å². The predicted molar refractivity (Wildman–Crippen MR) is 103 cm³/mol. The average molecular weight is 424 g/mol. The molecular weight excluding hydrogens is 397 g/mol. The molecule has 1 atom stereocenters. The Morgan fingerprint density at radius 3 is 2.79 bits per heavy atom. The molecule has 2 aromatic rings. The van der Waals surface area contributed by atoms with E-state index in [-0.39, 0.29) is 16.7 Å². The minimum absolute atomic E-state index is 0.149. The van der Waals surface area contributed by atoms with Crippen LogP contribution in [0.1, 0.15) is 48.9 Å². The molecule has 0 spiro atoms. The third kappa shape index (κ3) is 4.51. The van der Waals surface area contributed by atoms with Crippen LogP contribution in [-0.4, -0.2) is 49.2 Å². The first-order valence-electron chi connectivity index (χ1n) is 10.1. The van der Waals surface area contributed by atoms with Crippen LogP contribution in [-0.2, 0) is 21.2 Å². The zero-order valence-corrected chi connectivity index (χ0v) is 17.3. The van der Waals surface area contributed by atoms with E-state index in [4.69, 9.17) is 9.26 Å². The summed E-state index contributed by atoms with van der Waals surface area (Å²) >= 11 is 0. The van der Waals surface area contributed by atoms with Gasteiger partial charge in [-0.3, -0.25) is 0 Å². The number of benzene rings is 1. The van der Waals surface area contributed by atoms with Crippen molar-refractivity contribution < 1.29 is 22.1 Å². The van der Waals surface area contributed by atoms with Crippen LogP contribution in [0, 0.1) is 18.7 Å². The van der Waals surface area contributed by atoms with Crippen molar-refractivity contribution in [1.29, 1.82) is 0 Å². The SMILES string of the molecule is Cc1cc(S(=O)(=O)N2CCC(CCc3noc(C4CCOCC4)n3)C2)ccc1F. The first kappa shape index (κ1) is 20.4. The number of rotatable bonds is 6. The number of ether oxygens (including phenoxy) is 1. The lowest BCUT2D eigenvalue weighted by molar-refractivity contribution is 0.0778. The van der Waals surface area contributed by atoms with Crippen LogP contribution in [0.5, 0.6) is 0 Å². The number of hydrogen-bond donors (Lipinski definition) is 0. The standard InChI is InChI=1S/C20H26FN3O4S/c1-14-12-17(3-4-18(14)21)29(25,26)24-9-6-15(13-24)2-5-19-22-20(28-23-19)16-7-10-27-11-8-16/h3-4,12,15-16H,2,5-11,13H2,1H3. The van der Waals surface area contributed by atoms with Crippen LogP contribution >= 0.6 is 0 Å². The molecule has 0 N–H and O–H groups in total. The predicted octanol–water partition coefficient (Wildman–Crippen LogP) is 3.05. The molecule has 0 aliphatic carbocycles. The van der Waals surface area contributed by atoms with E-state index < -0.39 is 15.8 Å². The minimum Gasteiger partial charge on any atom is -0.381 e. The van der Waals surface area contributed by atoms with Crippen molar-refractivity contribution in [2.24, 2.45) is 5.92 Å². The Kier molecular flexibility index (Phi) is 5.98. The number of hydrogen-bond acceptors (Lipinski definition) is 6. The van der Waals surface area contributed by atoms with Gasteiger partial charge in [0.05, 0.1) is 4.90 Å². The molecule has 29 heavy (non-hydrogen) atoms. The van der Waals surface area contributed by atoms with Gasteiger partial charge in [0.1, 0.15) is 5.82 Å². The topological polar surface area (TPSA) is 85.5 Å². The summed E-state index contributed by atoms with van der Waals surface area (Å²) < 4.78 is 51.5. The quantitative estimate of drug-likeness (QED) is 0.710. The van der Waals surface area contributed by atoms with Crippen molar-refractivity contribution in [1.82, 2.24) is 14.4 Å². The van der Waals surface area contributed by atoms with Crippen LogP contribution in [0.2, 0.25) is 0 Å². The first-order valence-corrected chi connectivity index (χ1v) is 11.5. The van der Waals surface area contributed by atoms with Gasteiger partial charge in [0.15, 0.2) is 5.82 Å². The van der Waals surface area contributed by atoms with Crippen molar-refractivity contribution in [3.8, 4) is 0 Å². The zero-order valence-electron chi connectivity index (χ0n) is 16.5. The molecule has 3 heterocycles. The second-order valence-corrected chi connectivity index (χ2v) is 9.84. The Labute approximate surface area is 170 Å². The summed E-state index contributed by atoms with van der Waals surface area (Å²) in [6.45, 7) is 3.96. The molecule has 1 aromatic heterocycles. The fraction of sp³-hybridized carbons (Fsp3) is 0.600. The fourth-order valence-electron chi connectivity index (χ4n) is 3.99. The van der Waals surface area contributed by atoms with Gasteiger partial charge in [0.25, 0.3) is 0 Å². The number of nitrogens with zero attached hydrogens (tertiary/aromatic N) is 3. The van der Waals surface area contributed by atoms with Crippen molar-refractivity contribution >= 4 is 10.0 Å². The van der Waals surface area contributed by atoms with Crippen LogP contribution < -0.4 is 0 Å². The highest BCUT2D eigenvalue weighted by atomic mass is 32.2. The highest BCUT2D eigenvalue weighted by Crippen LogP contribution is 2.29. The molecular formula is C20H26FN3O4S. The summed E-state index contributed by atoms with van der Waals surface area (Å²) in [7, 11) is -3.60. The summed E-state index contributed by atoms with van der Waals surface area (Å²) in [5, 5.41) is 4.09. The van der Waals surface area contributed by atoms with Gasteiger partial charge >= 0.3 is 0 Å². The van der Waals surface area contributed by atoms with E-state index >= 15 is 0 Å². The van der Waals surface area contributed by atoms with Gasteiger partial charge in [-0.15, -0.1) is 0 Å². The summed E-state index contributed by atoms with van der Waals surface area (Å²) in [5.41, 5.74) is 0.333. The van der Waals surface area contributed by atoms with Gasteiger partial charge in [-0.1, -0.05) is 5.16 Å². The van der Waals surface area contributed by atoms with Gasteiger partial charge in [-0.25, -0.2) is 12.8 Å². The third-order valence-corrected chi connectivity index (χ3v) is 7.71. The molecule has 4 rings (SSSR count). The highest BCUT2D eigenvalue weighted by Gasteiger charge is 2.33. The van der Waals surface area contributed by atoms with E-state index in [1.165, 1.54) is 22.5 Å². The van der Waals surface area contributed by atoms with Crippen LogP contribution in [0.25, 0.3) is 0 Å². The number of halogens is 1. The average Bonchev–Trinajstić information content (AvgIpc) is 3.39. The Morgan fingerprint density at radius 1 is 1.24 bits per heavy atom. The first-order chi connectivity index (χ1) is 13.9. The lowest BCUT2D eigenvalue weighted by atomic mass is 10.0. The molecule has 2 saturated heterocycles. The summed E-state index contributed by atoms with van der Waals surface area (Å²) in [6.07, 6.45) is 4.08. The number of aryl methyl sites for hydroxylation is 2. The molecule has 7 nitrogen and oxygen atoms in total. The lowest BCUT2D eigenvalue weighted by Crippen LogP contribution is -2.29. The van der Waals surface area contributed by atoms with E-state index in [1.807, 2.05) is 0 Å². The second-order valence-electron chi connectivity index (χ2n) is 7.90. The van der Waals surface area contributed by atoms with Crippen LogP contribution in [0.3, 0.4) is 0 Å². The molecule has 158 valence electrons. The maximum Gasteiger partial charge on any atom is 0.243 e. The van der Waals surface area contributed by atoms with Crippen LogP contribution in [0.15, 0.2) is 27.6 Å². The second kappa shape index (κ2) is 8.49. The lowest BCUT2D eigenvalue weighted by Gasteiger charge is -2.18.